The molecule has 19 heavy (non-hydrogen) atoms. The highest BCUT2D eigenvalue weighted by molar-refractivity contribution is 5.85. The first-order chi connectivity index (χ1) is 8.63. The third-order valence-electron chi connectivity index (χ3n) is 2.18. The molecule has 0 spiro atoms. The number of hydrogen-bond donors (Lipinski definition) is 2. The molecule has 106 valence electrons. The highest BCUT2D eigenvalue weighted by Crippen LogP contribution is 2.00. The molecule has 1 atom stereocenters. The normalized spacial score (nSPS) is 10.8. The lowest BCUT2D eigenvalue weighted by atomic mass is 10.2. The average molecular weight is 289 g/mol. The summed E-state index contributed by atoms with van der Waals surface area (Å²) in [5.41, 5.74) is 6.32. The summed E-state index contributed by atoms with van der Waals surface area (Å²) in [5.74, 6) is -0.585. The number of methoxy groups -OCH3 is 1. The van der Waals surface area contributed by atoms with Crippen LogP contribution in [0.2, 0.25) is 0 Å². The molecule has 6 nitrogen and oxygen atoms in total. The molecule has 7 heteroatoms. The summed E-state index contributed by atoms with van der Waals surface area (Å²) in [4.78, 5) is 22.3. The number of benzene rings is 1. The number of rotatable bonds is 5. The van der Waals surface area contributed by atoms with Crippen LogP contribution in [0.5, 0.6) is 0 Å². The number of ether oxygens (including phenoxy) is 2. The Labute approximate surface area is 117 Å². The average Bonchev–Trinajstić information content (AvgIpc) is 2.42. The number of halogens is 1. The topological polar surface area (TPSA) is 90.6 Å². The summed E-state index contributed by atoms with van der Waals surface area (Å²) < 4.78 is 9.35. The molecule has 0 fully saturated rings. The molecule has 0 heterocycles. The molecule has 0 aliphatic rings. The second-order valence-corrected chi connectivity index (χ2v) is 3.57. The Bertz CT molecular complexity index is 400. The van der Waals surface area contributed by atoms with Gasteiger partial charge in [0.2, 0.25) is 0 Å². The van der Waals surface area contributed by atoms with Crippen LogP contribution in [0.3, 0.4) is 0 Å². The van der Waals surface area contributed by atoms with Crippen molar-refractivity contribution in [1.29, 1.82) is 0 Å². The smallest absolute Gasteiger partial charge is 0.407 e. The number of alkyl carbamates (subject to hydrolysis) is 1. The van der Waals surface area contributed by atoms with Crippen molar-refractivity contribution in [3.8, 4) is 0 Å². The molecule has 1 unspecified atom stereocenters. The highest BCUT2D eigenvalue weighted by atomic mass is 35.5. The van der Waals surface area contributed by atoms with Gasteiger partial charge in [-0.3, -0.25) is 4.79 Å². The van der Waals surface area contributed by atoms with Crippen molar-refractivity contribution >= 4 is 24.5 Å². The number of esters is 1. The molecule has 0 aliphatic heterocycles. The monoisotopic (exact) mass is 288 g/mol. The van der Waals surface area contributed by atoms with Crippen LogP contribution in [-0.4, -0.2) is 31.8 Å². The second kappa shape index (κ2) is 9.18. The van der Waals surface area contributed by atoms with E-state index in [1.807, 2.05) is 30.3 Å². The van der Waals surface area contributed by atoms with Crippen LogP contribution >= 0.6 is 12.4 Å². The van der Waals surface area contributed by atoms with E-state index >= 15 is 0 Å². The molecule has 1 aromatic carbocycles. The predicted octanol–water partition coefficient (Wildman–Crippen LogP) is 0.835. The summed E-state index contributed by atoms with van der Waals surface area (Å²) in [6.07, 6.45) is -0.627. The van der Waals surface area contributed by atoms with Crippen molar-refractivity contribution in [2.75, 3.05) is 13.7 Å². The van der Waals surface area contributed by atoms with Crippen molar-refractivity contribution < 1.29 is 19.1 Å². The van der Waals surface area contributed by atoms with Gasteiger partial charge in [0.15, 0.2) is 0 Å². The van der Waals surface area contributed by atoms with Gasteiger partial charge in [-0.1, -0.05) is 30.3 Å². The molecule has 1 aromatic rings. The van der Waals surface area contributed by atoms with Gasteiger partial charge in [0, 0.05) is 6.54 Å². The zero-order valence-corrected chi connectivity index (χ0v) is 11.3. The van der Waals surface area contributed by atoms with Crippen molar-refractivity contribution in [1.82, 2.24) is 5.32 Å². The van der Waals surface area contributed by atoms with Gasteiger partial charge in [0.05, 0.1) is 7.11 Å². The largest absolute Gasteiger partial charge is 0.468 e. The maximum atomic E-state index is 11.3. The SMILES string of the molecule is COC(=O)C(N)CNC(=O)OCc1ccccc1.Cl. The van der Waals surface area contributed by atoms with E-state index in [2.05, 4.69) is 10.1 Å². The number of nitrogens with two attached hydrogens (primary N) is 1. The minimum atomic E-state index is -0.890. The first kappa shape index (κ1) is 17.2. The third-order valence-corrected chi connectivity index (χ3v) is 2.18. The maximum absolute atomic E-state index is 11.3. The van der Waals surface area contributed by atoms with E-state index in [-0.39, 0.29) is 25.6 Å². The Balaban J connectivity index is 0.00000324. The van der Waals surface area contributed by atoms with Gasteiger partial charge in [-0.25, -0.2) is 4.79 Å². The van der Waals surface area contributed by atoms with Gasteiger partial charge in [0.25, 0.3) is 0 Å². The minimum Gasteiger partial charge on any atom is -0.468 e. The number of hydrogen-bond acceptors (Lipinski definition) is 5. The Kier molecular flexibility index (Phi) is 8.32. The first-order valence-electron chi connectivity index (χ1n) is 5.41. The number of carbonyl (C=O) groups excluding carboxylic acids is 2. The van der Waals surface area contributed by atoms with Crippen LogP contribution in [0.4, 0.5) is 4.79 Å². The van der Waals surface area contributed by atoms with Gasteiger partial charge < -0.3 is 20.5 Å². The van der Waals surface area contributed by atoms with Crippen molar-refractivity contribution in [2.24, 2.45) is 5.73 Å². The third kappa shape index (κ3) is 6.64. The summed E-state index contributed by atoms with van der Waals surface area (Å²) in [5, 5.41) is 2.38. The summed E-state index contributed by atoms with van der Waals surface area (Å²) >= 11 is 0. The van der Waals surface area contributed by atoms with Crippen molar-refractivity contribution in [3.63, 3.8) is 0 Å². The van der Waals surface area contributed by atoms with Crippen LogP contribution in [0.15, 0.2) is 30.3 Å². The molecule has 0 saturated carbocycles. The van der Waals surface area contributed by atoms with Crippen LogP contribution in [0, 0.1) is 0 Å². The second-order valence-electron chi connectivity index (χ2n) is 3.57. The van der Waals surface area contributed by atoms with E-state index in [1.165, 1.54) is 7.11 Å². The lowest BCUT2D eigenvalue weighted by Crippen LogP contribution is -2.43. The summed E-state index contributed by atoms with van der Waals surface area (Å²) in [6, 6.07) is 8.37. The molecule has 0 radical (unpaired) electrons. The molecular weight excluding hydrogens is 272 g/mol. The van der Waals surface area contributed by atoms with Gasteiger partial charge in [-0.15, -0.1) is 12.4 Å². The Morgan fingerprint density at radius 3 is 2.53 bits per heavy atom. The fourth-order valence-corrected chi connectivity index (χ4v) is 1.20. The fraction of sp³-hybridized carbons (Fsp3) is 0.333. The minimum absolute atomic E-state index is 0. The standard InChI is InChI=1S/C12H16N2O4.ClH/c1-17-11(15)10(13)7-14-12(16)18-8-9-5-3-2-4-6-9;/h2-6,10H,7-8,13H2,1H3,(H,14,16);1H. The quantitative estimate of drug-likeness (QED) is 0.783. The molecule has 1 rings (SSSR count). The summed E-state index contributed by atoms with van der Waals surface area (Å²) in [7, 11) is 1.23. The van der Waals surface area contributed by atoms with E-state index in [0.29, 0.717) is 0 Å². The predicted molar refractivity (Wildman–Crippen MR) is 71.9 cm³/mol. The molecule has 0 aliphatic carbocycles. The maximum Gasteiger partial charge on any atom is 0.407 e. The van der Waals surface area contributed by atoms with Crippen LogP contribution < -0.4 is 11.1 Å². The molecule has 0 bridgehead atoms. The number of amides is 1. The first-order valence-corrected chi connectivity index (χ1v) is 5.41. The molecule has 3 N–H and O–H groups in total. The van der Waals surface area contributed by atoms with Gasteiger partial charge in [-0.05, 0) is 5.56 Å². The number of carbonyl (C=O) groups is 2. The van der Waals surface area contributed by atoms with Gasteiger partial charge >= 0.3 is 12.1 Å². The van der Waals surface area contributed by atoms with E-state index in [4.69, 9.17) is 10.5 Å². The molecular formula is C12H17ClN2O4. The van der Waals surface area contributed by atoms with Crippen molar-refractivity contribution in [3.05, 3.63) is 35.9 Å². The molecule has 0 saturated heterocycles. The van der Waals surface area contributed by atoms with Crippen LogP contribution in [-0.2, 0) is 20.9 Å². The van der Waals surface area contributed by atoms with Gasteiger partial charge in [-0.2, -0.15) is 0 Å². The van der Waals surface area contributed by atoms with E-state index < -0.39 is 18.1 Å². The fourth-order valence-electron chi connectivity index (χ4n) is 1.20. The Morgan fingerprint density at radius 2 is 1.95 bits per heavy atom. The highest BCUT2D eigenvalue weighted by Gasteiger charge is 2.14. The summed E-state index contributed by atoms with van der Waals surface area (Å²) in [6.45, 7) is 0.139. The van der Waals surface area contributed by atoms with Crippen LogP contribution in [0.1, 0.15) is 5.56 Å². The van der Waals surface area contributed by atoms with E-state index in [0.717, 1.165) is 5.56 Å². The molecule has 1 amide bonds. The van der Waals surface area contributed by atoms with Gasteiger partial charge in [0.1, 0.15) is 12.6 Å². The number of nitrogens with one attached hydrogen (secondary N) is 1. The van der Waals surface area contributed by atoms with E-state index in [9.17, 15) is 9.59 Å². The molecule has 0 aromatic heterocycles. The van der Waals surface area contributed by atoms with Crippen LogP contribution in [0.25, 0.3) is 0 Å². The van der Waals surface area contributed by atoms with E-state index in [1.54, 1.807) is 0 Å². The van der Waals surface area contributed by atoms with Crippen molar-refractivity contribution in [2.45, 2.75) is 12.6 Å². The Hall–Kier alpha value is -1.79. The lowest BCUT2D eigenvalue weighted by Gasteiger charge is -2.10. The zero-order valence-electron chi connectivity index (χ0n) is 10.5. The zero-order chi connectivity index (χ0) is 13.4. The Morgan fingerprint density at radius 1 is 1.32 bits per heavy atom. The lowest BCUT2D eigenvalue weighted by molar-refractivity contribution is -0.141.